The third-order valence-corrected chi connectivity index (χ3v) is 3.32. The van der Waals surface area contributed by atoms with E-state index in [0.29, 0.717) is 12.3 Å². The van der Waals surface area contributed by atoms with Crippen LogP contribution in [0.15, 0.2) is 12.2 Å². The van der Waals surface area contributed by atoms with Crippen molar-refractivity contribution in [2.45, 2.75) is 38.2 Å². The third kappa shape index (κ3) is 5.77. The zero-order valence-electron chi connectivity index (χ0n) is 12.0. The number of allylic oxidation sites excluding steroid dienone is 1. The summed E-state index contributed by atoms with van der Waals surface area (Å²) in [5.41, 5.74) is 0. The van der Waals surface area contributed by atoms with E-state index in [1.807, 2.05) is 12.2 Å². The Morgan fingerprint density at radius 2 is 2.05 bits per heavy atom. The number of carbonyl (C=O) groups excluding carboxylic acids is 2. The van der Waals surface area contributed by atoms with Crippen molar-refractivity contribution in [1.82, 2.24) is 10.2 Å². The quantitative estimate of drug-likeness (QED) is 0.796. The number of ether oxygens (including phenoxy) is 1. The first kappa shape index (κ1) is 15.5. The maximum absolute atomic E-state index is 11.5. The molecule has 0 aliphatic heterocycles. The Labute approximate surface area is 115 Å². The molecule has 2 unspecified atom stereocenters. The lowest BCUT2D eigenvalue weighted by Crippen LogP contribution is -2.28. The summed E-state index contributed by atoms with van der Waals surface area (Å²) >= 11 is 0. The number of hydrogen-bond acceptors (Lipinski definition) is 3. The lowest BCUT2D eigenvalue weighted by Gasteiger charge is -2.22. The van der Waals surface area contributed by atoms with Crippen molar-refractivity contribution in [3.63, 3.8) is 0 Å². The van der Waals surface area contributed by atoms with Crippen LogP contribution in [0, 0.1) is 5.92 Å². The minimum absolute atomic E-state index is 0.0800. The molecule has 0 aromatic heterocycles. The molecule has 0 saturated carbocycles. The van der Waals surface area contributed by atoms with Crippen LogP contribution in [0.3, 0.4) is 0 Å². The van der Waals surface area contributed by atoms with Gasteiger partial charge in [-0.3, -0.25) is 4.79 Å². The third-order valence-electron chi connectivity index (χ3n) is 3.32. The monoisotopic (exact) mass is 268 g/mol. The molecule has 2 amide bonds. The standard InChI is InChI=1S/C14H24N2O3/c1-15-13(17)10-11-6-4-5-7-12(9-8-11)19-14(18)16(2)3/h5,7,11-12H,4,6,8-10H2,1-3H3,(H,15,17)/b7-5+. The predicted octanol–water partition coefficient (Wildman–Crippen LogP) is 1.94. The molecule has 1 aliphatic carbocycles. The molecule has 0 spiro atoms. The van der Waals surface area contributed by atoms with Gasteiger partial charge in [-0.2, -0.15) is 0 Å². The van der Waals surface area contributed by atoms with Gasteiger partial charge in [-0.05, 0) is 37.7 Å². The molecule has 1 aliphatic rings. The molecule has 0 aromatic rings. The Balaban J connectivity index is 2.48. The summed E-state index contributed by atoms with van der Waals surface area (Å²) in [5, 5.41) is 2.66. The van der Waals surface area contributed by atoms with Gasteiger partial charge in [0.1, 0.15) is 6.10 Å². The normalized spacial score (nSPS) is 24.8. The molecule has 0 radical (unpaired) electrons. The van der Waals surface area contributed by atoms with Crippen LogP contribution in [0.1, 0.15) is 32.1 Å². The maximum atomic E-state index is 11.5. The molecule has 1 rings (SSSR count). The molecule has 0 fully saturated rings. The van der Waals surface area contributed by atoms with E-state index in [9.17, 15) is 9.59 Å². The maximum Gasteiger partial charge on any atom is 0.409 e. The van der Waals surface area contributed by atoms with Gasteiger partial charge in [-0.1, -0.05) is 6.08 Å². The highest BCUT2D eigenvalue weighted by Gasteiger charge is 2.19. The van der Waals surface area contributed by atoms with Crippen LogP contribution >= 0.6 is 0 Å². The van der Waals surface area contributed by atoms with Crippen molar-refractivity contribution < 1.29 is 14.3 Å². The lowest BCUT2D eigenvalue weighted by atomic mass is 9.90. The molecule has 19 heavy (non-hydrogen) atoms. The molecular weight excluding hydrogens is 244 g/mol. The van der Waals surface area contributed by atoms with Crippen LogP contribution < -0.4 is 5.32 Å². The highest BCUT2D eigenvalue weighted by atomic mass is 16.6. The van der Waals surface area contributed by atoms with Gasteiger partial charge < -0.3 is 15.0 Å². The average Bonchev–Trinajstić information content (AvgIpc) is 2.35. The summed E-state index contributed by atoms with van der Waals surface area (Å²) in [4.78, 5) is 24.4. The van der Waals surface area contributed by atoms with Crippen LogP contribution in [-0.2, 0) is 9.53 Å². The molecular formula is C14H24N2O3. The van der Waals surface area contributed by atoms with E-state index in [2.05, 4.69) is 5.32 Å². The first-order valence-corrected chi connectivity index (χ1v) is 6.78. The number of rotatable bonds is 3. The topological polar surface area (TPSA) is 58.6 Å². The number of carbonyl (C=O) groups is 2. The van der Waals surface area contributed by atoms with E-state index in [1.54, 1.807) is 21.1 Å². The summed E-state index contributed by atoms with van der Waals surface area (Å²) in [7, 11) is 5.00. The highest BCUT2D eigenvalue weighted by molar-refractivity contribution is 5.75. The Morgan fingerprint density at radius 3 is 2.68 bits per heavy atom. The summed E-state index contributed by atoms with van der Waals surface area (Å²) in [6.45, 7) is 0. The summed E-state index contributed by atoms with van der Waals surface area (Å²) < 4.78 is 5.37. The second kappa shape index (κ2) is 7.81. The van der Waals surface area contributed by atoms with E-state index in [0.717, 1.165) is 25.7 Å². The van der Waals surface area contributed by atoms with Gasteiger partial charge in [0.05, 0.1) is 0 Å². The largest absolute Gasteiger partial charge is 0.442 e. The van der Waals surface area contributed by atoms with Crippen molar-refractivity contribution in [2.24, 2.45) is 5.92 Å². The van der Waals surface area contributed by atoms with Crippen molar-refractivity contribution in [3.8, 4) is 0 Å². The molecule has 1 N–H and O–H groups in total. The molecule has 0 heterocycles. The Morgan fingerprint density at radius 1 is 1.32 bits per heavy atom. The minimum atomic E-state index is -0.321. The van der Waals surface area contributed by atoms with Crippen molar-refractivity contribution >= 4 is 12.0 Å². The van der Waals surface area contributed by atoms with E-state index in [1.165, 1.54) is 4.90 Å². The Hall–Kier alpha value is -1.52. The number of nitrogens with one attached hydrogen (secondary N) is 1. The first-order valence-electron chi connectivity index (χ1n) is 6.78. The summed E-state index contributed by atoms with van der Waals surface area (Å²) in [5.74, 6) is 0.446. The van der Waals surface area contributed by atoms with E-state index >= 15 is 0 Å². The molecule has 2 atom stereocenters. The van der Waals surface area contributed by atoms with Crippen molar-refractivity contribution in [3.05, 3.63) is 12.2 Å². The average molecular weight is 268 g/mol. The van der Waals surface area contributed by atoms with Crippen LogP contribution in [0.5, 0.6) is 0 Å². The zero-order chi connectivity index (χ0) is 14.3. The fourth-order valence-corrected chi connectivity index (χ4v) is 2.12. The van der Waals surface area contributed by atoms with E-state index < -0.39 is 0 Å². The van der Waals surface area contributed by atoms with E-state index in [4.69, 9.17) is 4.74 Å². The molecule has 0 saturated heterocycles. The van der Waals surface area contributed by atoms with Gasteiger partial charge in [-0.15, -0.1) is 0 Å². The van der Waals surface area contributed by atoms with Gasteiger partial charge >= 0.3 is 6.09 Å². The van der Waals surface area contributed by atoms with Gasteiger partial charge in [0.2, 0.25) is 5.91 Å². The van der Waals surface area contributed by atoms with E-state index in [-0.39, 0.29) is 18.1 Å². The van der Waals surface area contributed by atoms with Gasteiger partial charge in [-0.25, -0.2) is 4.79 Å². The second-order valence-electron chi connectivity index (χ2n) is 5.14. The fraction of sp³-hybridized carbons (Fsp3) is 0.714. The molecule has 0 aromatic carbocycles. The zero-order valence-corrected chi connectivity index (χ0v) is 12.0. The Bertz CT molecular complexity index is 340. The molecule has 108 valence electrons. The number of hydrogen-bond donors (Lipinski definition) is 1. The van der Waals surface area contributed by atoms with Crippen molar-refractivity contribution in [1.29, 1.82) is 0 Å². The van der Waals surface area contributed by atoms with Crippen LogP contribution in [0.25, 0.3) is 0 Å². The second-order valence-corrected chi connectivity index (χ2v) is 5.14. The smallest absolute Gasteiger partial charge is 0.409 e. The molecule has 0 bridgehead atoms. The first-order chi connectivity index (χ1) is 9.02. The van der Waals surface area contributed by atoms with Crippen LogP contribution in [0.2, 0.25) is 0 Å². The van der Waals surface area contributed by atoms with Crippen LogP contribution in [0.4, 0.5) is 4.79 Å². The lowest BCUT2D eigenvalue weighted by molar-refractivity contribution is -0.121. The van der Waals surface area contributed by atoms with Crippen molar-refractivity contribution in [2.75, 3.05) is 21.1 Å². The minimum Gasteiger partial charge on any atom is -0.442 e. The summed E-state index contributed by atoms with van der Waals surface area (Å²) in [6, 6.07) is 0. The van der Waals surface area contributed by atoms with Gasteiger partial charge in [0, 0.05) is 27.6 Å². The SMILES string of the molecule is CNC(=O)CC1CC/C=C/C(OC(=O)N(C)C)CC1. The number of amides is 2. The summed E-state index contributed by atoms with van der Waals surface area (Å²) in [6.07, 6.45) is 7.68. The molecule has 5 heteroatoms. The van der Waals surface area contributed by atoms with Gasteiger partial charge in [0.25, 0.3) is 0 Å². The van der Waals surface area contributed by atoms with Crippen LogP contribution in [-0.4, -0.2) is 44.1 Å². The van der Waals surface area contributed by atoms with Gasteiger partial charge in [0.15, 0.2) is 0 Å². The Kier molecular flexibility index (Phi) is 6.39. The fourth-order valence-electron chi connectivity index (χ4n) is 2.12. The number of nitrogens with zero attached hydrogens (tertiary/aromatic N) is 1. The molecule has 5 nitrogen and oxygen atoms in total. The predicted molar refractivity (Wildman–Crippen MR) is 73.7 cm³/mol. The highest BCUT2D eigenvalue weighted by Crippen LogP contribution is 2.23.